The van der Waals surface area contributed by atoms with Gasteiger partial charge in [0.15, 0.2) is 5.82 Å². The zero-order chi connectivity index (χ0) is 14.4. The van der Waals surface area contributed by atoms with Gasteiger partial charge < -0.3 is 14.4 Å². The summed E-state index contributed by atoms with van der Waals surface area (Å²) in [5.41, 5.74) is 1.06. The van der Waals surface area contributed by atoms with E-state index in [0.717, 1.165) is 11.3 Å². The number of hydrogen-bond donors (Lipinski definition) is 1. The minimum absolute atomic E-state index is 0.107. The topological polar surface area (TPSA) is 85.5 Å². The third kappa shape index (κ3) is 4.08. The number of methoxy groups -OCH3 is 1. The van der Waals surface area contributed by atoms with Crippen LogP contribution in [0.2, 0.25) is 0 Å². The number of aliphatic carboxylic acids is 1. The molecular formula is C14H16N2O4. The van der Waals surface area contributed by atoms with E-state index in [0.29, 0.717) is 31.0 Å². The van der Waals surface area contributed by atoms with E-state index >= 15 is 0 Å². The molecule has 0 unspecified atom stereocenters. The quantitative estimate of drug-likeness (QED) is 0.833. The van der Waals surface area contributed by atoms with Crippen molar-refractivity contribution in [3.05, 3.63) is 41.5 Å². The molecule has 2 rings (SSSR count). The number of nitrogens with zero attached hydrogens (tertiary/aromatic N) is 2. The first-order valence-electron chi connectivity index (χ1n) is 6.33. The normalized spacial score (nSPS) is 10.4. The Bertz CT molecular complexity index is 563. The number of rotatable bonds is 7. The van der Waals surface area contributed by atoms with Crippen molar-refractivity contribution in [1.29, 1.82) is 0 Å². The number of hydrogen-bond acceptors (Lipinski definition) is 5. The van der Waals surface area contributed by atoms with Gasteiger partial charge in [0.05, 0.1) is 7.11 Å². The van der Waals surface area contributed by atoms with Crippen molar-refractivity contribution in [2.24, 2.45) is 0 Å². The van der Waals surface area contributed by atoms with Crippen LogP contribution in [0.15, 0.2) is 28.8 Å². The van der Waals surface area contributed by atoms with Crippen LogP contribution >= 0.6 is 0 Å². The first kappa shape index (κ1) is 14.0. The van der Waals surface area contributed by atoms with E-state index in [1.807, 2.05) is 24.3 Å². The first-order valence-corrected chi connectivity index (χ1v) is 6.33. The number of carbonyl (C=O) groups is 1. The summed E-state index contributed by atoms with van der Waals surface area (Å²) in [5.74, 6) is 1.06. The molecule has 1 aromatic heterocycles. The minimum atomic E-state index is -0.817. The van der Waals surface area contributed by atoms with Crippen LogP contribution in [0.25, 0.3) is 0 Å². The molecule has 0 fully saturated rings. The van der Waals surface area contributed by atoms with Crippen LogP contribution in [-0.4, -0.2) is 28.3 Å². The molecule has 0 spiro atoms. The van der Waals surface area contributed by atoms with Crippen LogP contribution in [0.5, 0.6) is 5.75 Å². The zero-order valence-corrected chi connectivity index (χ0v) is 11.2. The van der Waals surface area contributed by atoms with Gasteiger partial charge in [0.2, 0.25) is 5.89 Å². The van der Waals surface area contributed by atoms with Crippen LogP contribution in [0.3, 0.4) is 0 Å². The molecule has 2 aromatic rings. The molecule has 0 saturated heterocycles. The van der Waals surface area contributed by atoms with Crippen molar-refractivity contribution in [2.45, 2.75) is 25.7 Å². The molecule has 106 valence electrons. The smallest absolute Gasteiger partial charge is 0.303 e. The lowest BCUT2D eigenvalue weighted by molar-refractivity contribution is -0.137. The van der Waals surface area contributed by atoms with Crippen molar-refractivity contribution in [3.8, 4) is 5.75 Å². The fraction of sp³-hybridized carbons (Fsp3) is 0.357. The van der Waals surface area contributed by atoms with Crippen LogP contribution in [-0.2, 0) is 17.6 Å². The standard InChI is InChI=1S/C14H16N2O4/c1-19-11-7-5-10(6-8-11)9-12-15-13(20-16-12)3-2-4-14(17)18/h5-8H,2-4,9H2,1H3,(H,17,18). The second kappa shape index (κ2) is 6.70. The van der Waals surface area contributed by atoms with Gasteiger partial charge in [-0.3, -0.25) is 4.79 Å². The van der Waals surface area contributed by atoms with E-state index in [1.165, 1.54) is 0 Å². The Hall–Kier alpha value is -2.37. The molecule has 0 aliphatic rings. The Labute approximate surface area is 116 Å². The van der Waals surface area contributed by atoms with Gasteiger partial charge >= 0.3 is 5.97 Å². The minimum Gasteiger partial charge on any atom is -0.497 e. The Morgan fingerprint density at radius 1 is 1.35 bits per heavy atom. The van der Waals surface area contributed by atoms with Crippen LogP contribution in [0.4, 0.5) is 0 Å². The van der Waals surface area contributed by atoms with Crippen molar-refractivity contribution >= 4 is 5.97 Å². The maximum atomic E-state index is 10.4. The lowest BCUT2D eigenvalue weighted by atomic mass is 10.1. The molecule has 1 aromatic carbocycles. The van der Waals surface area contributed by atoms with E-state index in [2.05, 4.69) is 10.1 Å². The molecule has 0 bridgehead atoms. The highest BCUT2D eigenvalue weighted by atomic mass is 16.5. The Morgan fingerprint density at radius 3 is 2.75 bits per heavy atom. The van der Waals surface area contributed by atoms with E-state index in [1.54, 1.807) is 7.11 Å². The predicted octanol–water partition coefficient (Wildman–Crippen LogP) is 2.08. The Kier molecular flexibility index (Phi) is 4.70. The number of aryl methyl sites for hydroxylation is 1. The Balaban J connectivity index is 1.89. The van der Waals surface area contributed by atoms with Gasteiger partial charge in [-0.05, 0) is 24.1 Å². The van der Waals surface area contributed by atoms with Gasteiger partial charge in [0.25, 0.3) is 0 Å². The molecule has 0 aliphatic carbocycles. The van der Waals surface area contributed by atoms with Crippen LogP contribution in [0, 0.1) is 0 Å². The third-order valence-electron chi connectivity index (χ3n) is 2.81. The second-order valence-electron chi connectivity index (χ2n) is 4.38. The molecule has 0 radical (unpaired) electrons. The fourth-order valence-electron chi connectivity index (χ4n) is 1.78. The number of carboxylic acid groups (broad SMARTS) is 1. The Morgan fingerprint density at radius 2 is 2.10 bits per heavy atom. The summed E-state index contributed by atoms with van der Waals surface area (Å²) in [7, 11) is 1.62. The fourth-order valence-corrected chi connectivity index (χ4v) is 1.78. The zero-order valence-electron chi connectivity index (χ0n) is 11.2. The van der Waals surface area contributed by atoms with E-state index in [-0.39, 0.29) is 6.42 Å². The van der Waals surface area contributed by atoms with Gasteiger partial charge in [-0.25, -0.2) is 0 Å². The average molecular weight is 276 g/mol. The van der Waals surface area contributed by atoms with Crippen molar-refractivity contribution in [1.82, 2.24) is 10.1 Å². The molecule has 20 heavy (non-hydrogen) atoms. The summed E-state index contributed by atoms with van der Waals surface area (Å²) in [5, 5.41) is 12.4. The molecule has 0 amide bonds. The van der Waals surface area contributed by atoms with Gasteiger partial charge in [-0.1, -0.05) is 17.3 Å². The summed E-state index contributed by atoms with van der Waals surface area (Å²) in [6.45, 7) is 0. The predicted molar refractivity (Wildman–Crippen MR) is 70.7 cm³/mol. The number of aromatic nitrogens is 2. The number of ether oxygens (including phenoxy) is 1. The lowest BCUT2D eigenvalue weighted by Crippen LogP contribution is -1.96. The average Bonchev–Trinajstić information content (AvgIpc) is 2.87. The highest BCUT2D eigenvalue weighted by molar-refractivity contribution is 5.66. The van der Waals surface area contributed by atoms with E-state index in [4.69, 9.17) is 14.4 Å². The highest BCUT2D eigenvalue weighted by Gasteiger charge is 2.08. The molecule has 1 heterocycles. The first-order chi connectivity index (χ1) is 9.67. The van der Waals surface area contributed by atoms with Crippen LogP contribution in [0.1, 0.15) is 30.1 Å². The number of benzene rings is 1. The molecule has 6 nitrogen and oxygen atoms in total. The summed E-state index contributed by atoms with van der Waals surface area (Å²) in [6, 6.07) is 7.64. The van der Waals surface area contributed by atoms with Gasteiger partial charge in [0, 0.05) is 19.3 Å². The van der Waals surface area contributed by atoms with Gasteiger partial charge in [0.1, 0.15) is 5.75 Å². The highest BCUT2D eigenvalue weighted by Crippen LogP contribution is 2.14. The largest absolute Gasteiger partial charge is 0.497 e. The molecule has 6 heteroatoms. The summed E-state index contributed by atoms with van der Waals surface area (Å²) >= 11 is 0. The summed E-state index contributed by atoms with van der Waals surface area (Å²) in [4.78, 5) is 14.7. The SMILES string of the molecule is COc1ccc(Cc2noc(CCCC(=O)O)n2)cc1. The molecule has 0 aliphatic heterocycles. The molecule has 0 saturated carbocycles. The van der Waals surface area contributed by atoms with Crippen molar-refractivity contribution < 1.29 is 19.2 Å². The maximum absolute atomic E-state index is 10.4. The third-order valence-corrected chi connectivity index (χ3v) is 2.81. The van der Waals surface area contributed by atoms with Crippen molar-refractivity contribution in [2.75, 3.05) is 7.11 Å². The van der Waals surface area contributed by atoms with Crippen molar-refractivity contribution in [3.63, 3.8) is 0 Å². The molecular weight excluding hydrogens is 260 g/mol. The van der Waals surface area contributed by atoms with E-state index < -0.39 is 5.97 Å². The van der Waals surface area contributed by atoms with E-state index in [9.17, 15) is 4.79 Å². The summed E-state index contributed by atoms with van der Waals surface area (Å²) < 4.78 is 10.2. The monoisotopic (exact) mass is 276 g/mol. The maximum Gasteiger partial charge on any atom is 0.303 e. The molecule has 1 N–H and O–H groups in total. The molecule has 0 atom stereocenters. The van der Waals surface area contributed by atoms with Gasteiger partial charge in [-0.15, -0.1) is 0 Å². The number of carboxylic acids is 1. The second-order valence-corrected chi connectivity index (χ2v) is 4.38. The van der Waals surface area contributed by atoms with Crippen LogP contribution < -0.4 is 4.74 Å². The lowest BCUT2D eigenvalue weighted by Gasteiger charge is -2.00. The van der Waals surface area contributed by atoms with Gasteiger partial charge in [-0.2, -0.15) is 4.98 Å². The summed E-state index contributed by atoms with van der Waals surface area (Å²) in [6.07, 6.45) is 1.67.